The Balaban J connectivity index is 1.63. The Morgan fingerprint density at radius 3 is 2.67 bits per heavy atom. The van der Waals surface area contributed by atoms with Gasteiger partial charge in [-0.1, -0.05) is 60.7 Å². The fourth-order valence-electron chi connectivity index (χ4n) is 4.40. The van der Waals surface area contributed by atoms with E-state index in [1.165, 1.54) is 21.9 Å². The molecule has 4 nitrogen and oxygen atoms in total. The van der Waals surface area contributed by atoms with Gasteiger partial charge >= 0.3 is 0 Å². The number of methoxy groups -OCH3 is 1. The summed E-state index contributed by atoms with van der Waals surface area (Å²) >= 11 is 0. The number of fused-ring (bicyclic) bond motifs is 5. The van der Waals surface area contributed by atoms with Crippen LogP contribution in [0, 0.1) is 5.92 Å². The van der Waals surface area contributed by atoms with E-state index in [2.05, 4.69) is 65.7 Å². The molecule has 5 rings (SSSR count). The maximum Gasteiger partial charge on any atom is 0.124 e. The van der Waals surface area contributed by atoms with Crippen molar-refractivity contribution in [3.8, 4) is 5.75 Å². The van der Waals surface area contributed by atoms with Crippen LogP contribution in [-0.2, 0) is 9.57 Å². The lowest BCUT2D eigenvalue weighted by Gasteiger charge is -2.36. The van der Waals surface area contributed by atoms with Gasteiger partial charge in [-0.3, -0.25) is 4.84 Å². The summed E-state index contributed by atoms with van der Waals surface area (Å²) in [5.41, 5.74) is 2.44. The van der Waals surface area contributed by atoms with Gasteiger partial charge in [0.15, 0.2) is 0 Å². The Bertz CT molecular complexity index is 943. The van der Waals surface area contributed by atoms with E-state index in [-0.39, 0.29) is 12.1 Å². The van der Waals surface area contributed by atoms with E-state index in [9.17, 15) is 0 Å². The molecule has 0 saturated carbocycles. The average molecular weight is 361 g/mol. The van der Waals surface area contributed by atoms with Crippen molar-refractivity contribution in [1.29, 1.82) is 0 Å². The quantitative estimate of drug-likeness (QED) is 0.683. The molecule has 0 unspecified atom stereocenters. The zero-order valence-corrected chi connectivity index (χ0v) is 15.4. The first kappa shape index (κ1) is 16.8. The van der Waals surface area contributed by atoms with Crippen LogP contribution in [0.4, 0.5) is 0 Å². The minimum absolute atomic E-state index is 0.0381. The van der Waals surface area contributed by atoms with Crippen LogP contribution in [0.25, 0.3) is 10.8 Å². The smallest absolute Gasteiger partial charge is 0.124 e. The summed E-state index contributed by atoms with van der Waals surface area (Å²) in [6.07, 6.45) is 0. The second-order valence-corrected chi connectivity index (χ2v) is 7.25. The monoisotopic (exact) mass is 361 g/mol. The van der Waals surface area contributed by atoms with E-state index >= 15 is 0 Å². The zero-order valence-electron chi connectivity index (χ0n) is 15.4. The van der Waals surface area contributed by atoms with Crippen LogP contribution >= 0.6 is 0 Å². The Morgan fingerprint density at radius 1 is 1.00 bits per heavy atom. The van der Waals surface area contributed by atoms with Crippen LogP contribution in [-0.4, -0.2) is 32.0 Å². The van der Waals surface area contributed by atoms with Crippen LogP contribution in [0.1, 0.15) is 23.2 Å². The van der Waals surface area contributed by atoms with Crippen LogP contribution in [0.3, 0.4) is 0 Å². The highest BCUT2D eigenvalue weighted by atomic mass is 16.7. The predicted octanol–water partition coefficient (Wildman–Crippen LogP) is 4.52. The number of rotatable bonds is 4. The molecular weight excluding hydrogens is 338 g/mol. The predicted molar refractivity (Wildman–Crippen MR) is 105 cm³/mol. The van der Waals surface area contributed by atoms with Gasteiger partial charge < -0.3 is 9.47 Å². The lowest BCUT2D eigenvalue weighted by molar-refractivity contribution is -0.177. The molecule has 4 heteroatoms. The Morgan fingerprint density at radius 2 is 1.81 bits per heavy atom. The highest BCUT2D eigenvalue weighted by Crippen LogP contribution is 2.49. The summed E-state index contributed by atoms with van der Waals surface area (Å²) in [6, 6.07) is 23.4. The standard InChI is InChI=1S/C23H23NO3/c1-25-15-20(17-8-3-2-4-9-17)24-23-18(14-27-24)13-26-21-12-11-16-7-5-6-10-19(16)22(21)23/h2-12,18,20,23H,13-15H2,1H3/t18-,20+,23+/m1/s1. The second-order valence-electron chi connectivity index (χ2n) is 7.25. The Labute approximate surface area is 159 Å². The van der Waals surface area contributed by atoms with Crippen molar-refractivity contribution in [1.82, 2.24) is 5.06 Å². The third-order valence-electron chi connectivity index (χ3n) is 5.65. The van der Waals surface area contributed by atoms with Crippen molar-refractivity contribution < 1.29 is 14.3 Å². The molecule has 0 aliphatic carbocycles. The molecule has 3 atom stereocenters. The lowest BCUT2D eigenvalue weighted by atomic mass is 9.87. The molecule has 3 aromatic rings. The molecule has 0 amide bonds. The number of nitrogens with zero attached hydrogens (tertiary/aromatic N) is 1. The summed E-state index contributed by atoms with van der Waals surface area (Å²) in [5.74, 6) is 1.28. The van der Waals surface area contributed by atoms with Gasteiger partial charge in [-0.2, -0.15) is 5.06 Å². The van der Waals surface area contributed by atoms with Crippen molar-refractivity contribution in [2.75, 3.05) is 26.9 Å². The van der Waals surface area contributed by atoms with Gasteiger partial charge in [0, 0.05) is 18.6 Å². The first-order valence-electron chi connectivity index (χ1n) is 9.46. The molecule has 2 aliphatic rings. The van der Waals surface area contributed by atoms with Crippen LogP contribution < -0.4 is 4.74 Å². The number of ether oxygens (including phenoxy) is 2. The second kappa shape index (κ2) is 6.97. The molecule has 3 aromatic carbocycles. The van der Waals surface area contributed by atoms with E-state index < -0.39 is 0 Å². The molecule has 0 spiro atoms. The van der Waals surface area contributed by atoms with Crippen LogP contribution in [0.15, 0.2) is 66.7 Å². The van der Waals surface area contributed by atoms with E-state index in [0.29, 0.717) is 25.7 Å². The molecular formula is C23H23NO3. The summed E-state index contributed by atoms with van der Waals surface area (Å²) in [7, 11) is 1.75. The lowest BCUT2D eigenvalue weighted by Crippen LogP contribution is -2.35. The fraction of sp³-hybridized carbons (Fsp3) is 0.304. The Hall–Kier alpha value is -2.40. The van der Waals surface area contributed by atoms with Crippen LogP contribution in [0.5, 0.6) is 5.75 Å². The SMILES string of the molecule is COC[C@@H](c1ccccc1)N1OC[C@H]2COc3ccc4ccccc4c3[C@H]21. The average Bonchev–Trinajstić information content (AvgIpc) is 3.16. The maximum atomic E-state index is 6.25. The van der Waals surface area contributed by atoms with Crippen molar-refractivity contribution in [2.24, 2.45) is 5.92 Å². The zero-order chi connectivity index (χ0) is 18.2. The van der Waals surface area contributed by atoms with E-state index in [0.717, 1.165) is 5.75 Å². The fourth-order valence-corrected chi connectivity index (χ4v) is 4.40. The topological polar surface area (TPSA) is 30.9 Å². The molecule has 138 valence electrons. The van der Waals surface area contributed by atoms with Crippen LogP contribution in [0.2, 0.25) is 0 Å². The first-order chi connectivity index (χ1) is 13.4. The number of hydroxylamine groups is 2. The highest BCUT2D eigenvalue weighted by Gasteiger charge is 2.45. The number of hydrogen-bond donors (Lipinski definition) is 0. The van der Waals surface area contributed by atoms with E-state index in [1.54, 1.807) is 7.11 Å². The van der Waals surface area contributed by atoms with E-state index in [4.69, 9.17) is 14.3 Å². The highest BCUT2D eigenvalue weighted by molar-refractivity contribution is 5.88. The van der Waals surface area contributed by atoms with Crippen molar-refractivity contribution in [3.05, 3.63) is 77.9 Å². The first-order valence-corrected chi connectivity index (χ1v) is 9.46. The largest absolute Gasteiger partial charge is 0.493 e. The molecule has 0 aromatic heterocycles. The summed E-state index contributed by atoms with van der Waals surface area (Å²) in [4.78, 5) is 6.25. The molecule has 27 heavy (non-hydrogen) atoms. The molecule has 2 heterocycles. The Kier molecular flexibility index (Phi) is 4.32. The number of benzene rings is 3. The third-order valence-corrected chi connectivity index (χ3v) is 5.65. The minimum atomic E-state index is 0.0381. The molecule has 0 radical (unpaired) electrons. The van der Waals surface area contributed by atoms with E-state index in [1.807, 2.05) is 6.07 Å². The van der Waals surface area contributed by atoms with Gasteiger partial charge in [0.05, 0.1) is 31.9 Å². The molecule has 2 aliphatic heterocycles. The summed E-state index contributed by atoms with van der Waals surface area (Å²) < 4.78 is 11.7. The van der Waals surface area contributed by atoms with Gasteiger partial charge in [-0.25, -0.2) is 0 Å². The summed E-state index contributed by atoms with van der Waals surface area (Å²) in [6.45, 7) is 1.93. The summed E-state index contributed by atoms with van der Waals surface area (Å²) in [5, 5.41) is 4.62. The van der Waals surface area contributed by atoms with Crippen molar-refractivity contribution in [3.63, 3.8) is 0 Å². The minimum Gasteiger partial charge on any atom is -0.493 e. The van der Waals surface area contributed by atoms with Crippen molar-refractivity contribution in [2.45, 2.75) is 12.1 Å². The molecule has 0 N–H and O–H groups in total. The van der Waals surface area contributed by atoms with Gasteiger partial charge in [0.25, 0.3) is 0 Å². The third kappa shape index (κ3) is 2.81. The van der Waals surface area contributed by atoms with Gasteiger partial charge in [0.2, 0.25) is 0 Å². The van der Waals surface area contributed by atoms with Crippen molar-refractivity contribution >= 4 is 10.8 Å². The van der Waals surface area contributed by atoms with Gasteiger partial charge in [-0.05, 0) is 22.4 Å². The van der Waals surface area contributed by atoms with Gasteiger partial charge in [0.1, 0.15) is 5.75 Å². The molecule has 1 fully saturated rings. The normalized spacial score (nSPS) is 22.9. The number of hydrogen-bond acceptors (Lipinski definition) is 4. The van der Waals surface area contributed by atoms with Gasteiger partial charge in [-0.15, -0.1) is 0 Å². The molecule has 0 bridgehead atoms. The molecule has 1 saturated heterocycles. The maximum absolute atomic E-state index is 6.25.